The molecule has 2 fully saturated rings. The molecule has 0 aromatic heterocycles. The molecule has 0 radical (unpaired) electrons. The molecule has 0 saturated carbocycles. The average Bonchev–Trinajstić information content (AvgIpc) is 3.18. The van der Waals surface area contributed by atoms with Crippen LogP contribution in [0.2, 0.25) is 0 Å². The Balaban J connectivity index is 1.48. The number of likely N-dealkylation sites (tertiary alicyclic amines) is 1. The number of nitrogens with zero attached hydrogens (tertiary/aromatic N) is 1. The highest BCUT2D eigenvalue weighted by atomic mass is 32.2. The SMILES string of the molecule is Cc1ccc(NS(=O)(=O)c2cccc(C(=O)N3CCC4(CC3)OCCO4)c2)cc1. The van der Waals surface area contributed by atoms with Gasteiger partial charge in [-0.25, -0.2) is 8.42 Å². The molecule has 154 valence electrons. The number of rotatable bonds is 4. The highest BCUT2D eigenvalue weighted by molar-refractivity contribution is 7.92. The maximum absolute atomic E-state index is 12.9. The van der Waals surface area contributed by atoms with Crippen LogP contribution in [0.5, 0.6) is 0 Å². The van der Waals surface area contributed by atoms with Crippen LogP contribution in [0.25, 0.3) is 0 Å². The van der Waals surface area contributed by atoms with E-state index in [1.807, 2.05) is 19.1 Å². The second kappa shape index (κ2) is 7.78. The molecule has 2 aliphatic heterocycles. The number of anilines is 1. The average molecular weight is 416 g/mol. The van der Waals surface area contributed by atoms with Crippen molar-refractivity contribution in [2.75, 3.05) is 31.0 Å². The Morgan fingerprint density at radius 3 is 2.34 bits per heavy atom. The van der Waals surface area contributed by atoms with Gasteiger partial charge in [-0.05, 0) is 37.3 Å². The molecule has 8 heteroatoms. The van der Waals surface area contributed by atoms with E-state index in [1.165, 1.54) is 12.1 Å². The van der Waals surface area contributed by atoms with Gasteiger partial charge >= 0.3 is 0 Å². The Kier molecular flexibility index (Phi) is 5.33. The van der Waals surface area contributed by atoms with Crippen molar-refractivity contribution in [3.05, 3.63) is 59.7 Å². The lowest BCUT2D eigenvalue weighted by atomic mass is 10.0. The molecule has 0 bridgehead atoms. The van der Waals surface area contributed by atoms with Crippen LogP contribution in [-0.4, -0.2) is 51.3 Å². The number of sulfonamides is 1. The van der Waals surface area contributed by atoms with Crippen LogP contribution in [0, 0.1) is 6.92 Å². The van der Waals surface area contributed by atoms with E-state index in [0.717, 1.165) is 5.56 Å². The van der Waals surface area contributed by atoms with E-state index in [-0.39, 0.29) is 10.8 Å². The third-order valence-electron chi connectivity index (χ3n) is 5.32. The van der Waals surface area contributed by atoms with Gasteiger partial charge in [-0.15, -0.1) is 0 Å². The number of carbonyl (C=O) groups is 1. The molecule has 29 heavy (non-hydrogen) atoms. The maximum Gasteiger partial charge on any atom is 0.261 e. The minimum atomic E-state index is -3.79. The Labute approximate surface area is 170 Å². The molecule has 1 amide bonds. The summed E-state index contributed by atoms with van der Waals surface area (Å²) in [5.41, 5.74) is 1.86. The Bertz CT molecular complexity index is 988. The van der Waals surface area contributed by atoms with Gasteiger partial charge in [0.05, 0.1) is 18.1 Å². The van der Waals surface area contributed by atoms with E-state index >= 15 is 0 Å². The van der Waals surface area contributed by atoms with Crippen LogP contribution in [0.15, 0.2) is 53.4 Å². The first kappa shape index (κ1) is 19.9. The highest BCUT2D eigenvalue weighted by Crippen LogP contribution is 2.32. The predicted octanol–water partition coefficient (Wildman–Crippen LogP) is 2.77. The first-order chi connectivity index (χ1) is 13.9. The number of nitrogens with one attached hydrogen (secondary N) is 1. The molecule has 0 atom stereocenters. The van der Waals surface area contributed by atoms with Crippen molar-refractivity contribution in [2.45, 2.75) is 30.4 Å². The monoisotopic (exact) mass is 416 g/mol. The van der Waals surface area contributed by atoms with Crippen LogP contribution < -0.4 is 4.72 Å². The summed E-state index contributed by atoms with van der Waals surface area (Å²) in [6, 6.07) is 13.2. The van der Waals surface area contributed by atoms with Crippen molar-refractivity contribution >= 4 is 21.6 Å². The minimum Gasteiger partial charge on any atom is -0.347 e. The van der Waals surface area contributed by atoms with Gasteiger partial charge in [0.1, 0.15) is 0 Å². The second-order valence-corrected chi connectivity index (χ2v) is 9.08. The molecular formula is C21H24N2O5S. The quantitative estimate of drug-likeness (QED) is 0.829. The van der Waals surface area contributed by atoms with E-state index < -0.39 is 15.8 Å². The van der Waals surface area contributed by atoms with Gasteiger partial charge < -0.3 is 14.4 Å². The van der Waals surface area contributed by atoms with Gasteiger partial charge in [-0.1, -0.05) is 23.8 Å². The molecule has 2 aromatic rings. The molecule has 7 nitrogen and oxygen atoms in total. The molecule has 1 spiro atoms. The van der Waals surface area contributed by atoms with Gasteiger partial charge in [0, 0.05) is 37.2 Å². The van der Waals surface area contributed by atoms with Crippen LogP contribution >= 0.6 is 0 Å². The molecule has 4 rings (SSSR count). The lowest BCUT2D eigenvalue weighted by molar-refractivity contribution is -0.181. The lowest BCUT2D eigenvalue weighted by Crippen LogP contribution is -2.47. The summed E-state index contributed by atoms with van der Waals surface area (Å²) in [7, 11) is -3.79. The summed E-state index contributed by atoms with van der Waals surface area (Å²) >= 11 is 0. The first-order valence-corrected chi connectivity index (χ1v) is 11.1. The van der Waals surface area contributed by atoms with Gasteiger partial charge in [-0.3, -0.25) is 9.52 Å². The van der Waals surface area contributed by atoms with Crippen LogP contribution in [0.4, 0.5) is 5.69 Å². The summed E-state index contributed by atoms with van der Waals surface area (Å²) in [6.07, 6.45) is 1.23. The van der Waals surface area contributed by atoms with Crippen LogP contribution in [0.1, 0.15) is 28.8 Å². The summed E-state index contributed by atoms with van der Waals surface area (Å²) in [5.74, 6) is -0.745. The van der Waals surface area contributed by atoms with E-state index in [4.69, 9.17) is 9.47 Å². The van der Waals surface area contributed by atoms with Gasteiger partial charge in [0.15, 0.2) is 5.79 Å². The summed E-state index contributed by atoms with van der Waals surface area (Å²) in [5, 5.41) is 0. The second-order valence-electron chi connectivity index (χ2n) is 7.40. The van der Waals surface area contributed by atoms with Gasteiger partial charge in [0.2, 0.25) is 0 Å². The number of aryl methyl sites for hydroxylation is 1. The molecular weight excluding hydrogens is 392 g/mol. The smallest absolute Gasteiger partial charge is 0.261 e. The standard InChI is InChI=1S/C21H24N2O5S/c1-16-5-7-18(8-6-16)22-29(25,26)19-4-2-3-17(15-19)20(24)23-11-9-21(10-12-23)27-13-14-28-21/h2-8,15,22H,9-14H2,1H3. The molecule has 2 aromatic carbocycles. The predicted molar refractivity (Wildman–Crippen MR) is 108 cm³/mol. The largest absolute Gasteiger partial charge is 0.347 e. The molecule has 2 aliphatic rings. The van der Waals surface area contributed by atoms with Crippen molar-refractivity contribution < 1.29 is 22.7 Å². The zero-order valence-electron chi connectivity index (χ0n) is 16.3. The topological polar surface area (TPSA) is 84.9 Å². The third kappa shape index (κ3) is 4.29. The lowest BCUT2D eigenvalue weighted by Gasteiger charge is -2.37. The first-order valence-electron chi connectivity index (χ1n) is 9.64. The number of hydrogen-bond acceptors (Lipinski definition) is 5. The minimum absolute atomic E-state index is 0.0554. The Hall–Kier alpha value is -2.42. The molecule has 2 heterocycles. The van der Waals surface area contributed by atoms with Crippen molar-refractivity contribution in [1.29, 1.82) is 0 Å². The number of piperidine rings is 1. The van der Waals surface area contributed by atoms with E-state index in [9.17, 15) is 13.2 Å². The normalized spacial score (nSPS) is 18.7. The fourth-order valence-electron chi connectivity index (χ4n) is 3.65. The van der Waals surface area contributed by atoms with Crippen molar-refractivity contribution in [2.24, 2.45) is 0 Å². The fraction of sp³-hybridized carbons (Fsp3) is 0.381. The zero-order valence-corrected chi connectivity index (χ0v) is 17.1. The third-order valence-corrected chi connectivity index (χ3v) is 6.70. The molecule has 2 saturated heterocycles. The van der Waals surface area contributed by atoms with Crippen molar-refractivity contribution in [3.63, 3.8) is 0 Å². The highest BCUT2D eigenvalue weighted by Gasteiger charge is 2.40. The molecule has 0 aliphatic carbocycles. The van der Waals surface area contributed by atoms with Crippen LogP contribution in [-0.2, 0) is 19.5 Å². The van der Waals surface area contributed by atoms with Crippen molar-refractivity contribution in [1.82, 2.24) is 4.90 Å². The number of amides is 1. The summed E-state index contributed by atoms with van der Waals surface area (Å²) in [6.45, 7) is 4.12. The van der Waals surface area contributed by atoms with E-state index in [0.29, 0.717) is 50.4 Å². The number of hydrogen-bond donors (Lipinski definition) is 1. The Morgan fingerprint density at radius 1 is 1.03 bits per heavy atom. The van der Waals surface area contributed by atoms with Gasteiger partial charge in [0.25, 0.3) is 15.9 Å². The molecule has 0 unspecified atom stereocenters. The maximum atomic E-state index is 12.9. The van der Waals surface area contributed by atoms with E-state index in [2.05, 4.69) is 4.72 Å². The zero-order chi connectivity index (χ0) is 20.5. The number of ether oxygens (including phenoxy) is 2. The Morgan fingerprint density at radius 2 is 1.69 bits per heavy atom. The van der Waals surface area contributed by atoms with Crippen molar-refractivity contribution in [3.8, 4) is 0 Å². The summed E-state index contributed by atoms with van der Waals surface area (Å²) in [4.78, 5) is 14.7. The summed E-state index contributed by atoms with van der Waals surface area (Å²) < 4.78 is 39.4. The molecule has 1 N–H and O–H groups in total. The number of carbonyl (C=O) groups excluding carboxylic acids is 1. The fourth-order valence-corrected chi connectivity index (χ4v) is 4.75. The number of benzene rings is 2. The van der Waals surface area contributed by atoms with E-state index in [1.54, 1.807) is 29.2 Å². The van der Waals surface area contributed by atoms with Crippen LogP contribution in [0.3, 0.4) is 0 Å². The van der Waals surface area contributed by atoms with Gasteiger partial charge in [-0.2, -0.15) is 0 Å².